The third-order valence-corrected chi connectivity index (χ3v) is 0. The zero-order chi connectivity index (χ0) is 4.00. The molecule has 0 aliphatic carbocycles. The summed E-state index contributed by atoms with van der Waals surface area (Å²) in [6, 6.07) is 0. The van der Waals surface area contributed by atoms with E-state index in [1.165, 1.54) is 0 Å². The molecule has 0 fully saturated rings. The third kappa shape index (κ3) is 18.1. The Labute approximate surface area is 91.7 Å². The molecular formula is Mg3Sb2. The molecule has 5 heavy (non-hydrogen) atoms. The van der Waals surface area contributed by atoms with Crippen LogP contribution < -0.4 is 0 Å². The van der Waals surface area contributed by atoms with Crippen molar-refractivity contribution in [3.63, 3.8) is 0 Å². The molecule has 16 valence electrons. The van der Waals surface area contributed by atoms with Gasteiger partial charge in [0.1, 0.15) is 0 Å². The Bertz CT molecular complexity index is 6.85. The first-order valence-corrected chi connectivity index (χ1v) is 12.7. The number of rotatable bonds is 0. The molecule has 0 rings (SSSR count). The van der Waals surface area contributed by atoms with Crippen LogP contribution in [0.3, 0.4) is 0 Å². The molecule has 4 radical (unpaired) electrons. The van der Waals surface area contributed by atoms with Gasteiger partial charge < -0.3 is 0 Å². The second-order valence-corrected chi connectivity index (χ2v) is 0. The second-order valence-electron chi connectivity index (χ2n) is 0. The quantitative estimate of drug-likeness (QED) is 0.458. The van der Waals surface area contributed by atoms with Crippen LogP contribution in [0.2, 0.25) is 0 Å². The Hall–Kier alpha value is 3.94. The van der Waals surface area contributed by atoms with Crippen molar-refractivity contribution >= 4 is 94.4 Å². The molecule has 0 aliphatic rings. The summed E-state index contributed by atoms with van der Waals surface area (Å²) in [5.74, 6) is 0. The fourth-order valence-electron chi connectivity index (χ4n) is 0. The summed E-state index contributed by atoms with van der Waals surface area (Å²) in [5.41, 5.74) is 0. The SMILES string of the molecule is [Mg].[Mg]=[Sb].[Mg]=[Sb]. The molecule has 0 aromatic rings. The molecule has 0 amide bonds. The molecule has 0 saturated carbocycles. The van der Waals surface area contributed by atoms with Crippen LogP contribution >= 0.6 is 0 Å². The maximum absolute atomic E-state index is 1.91. The normalized spacial score (nSPS) is 2.40. The molecule has 0 saturated heterocycles. The average molecular weight is 316 g/mol. The van der Waals surface area contributed by atoms with E-state index in [0.29, 0.717) is 0 Å². The summed E-state index contributed by atoms with van der Waals surface area (Å²) >= 11 is 7.38. The Morgan fingerprint density at radius 3 is 0.800 bits per heavy atom. The van der Waals surface area contributed by atoms with Crippen LogP contribution in [0.4, 0.5) is 0 Å². The zero-order valence-corrected chi connectivity index (χ0v) is 12.4. The van der Waals surface area contributed by atoms with Crippen molar-refractivity contribution in [1.29, 1.82) is 0 Å². The van der Waals surface area contributed by atoms with E-state index >= 15 is 0 Å². The fourth-order valence-corrected chi connectivity index (χ4v) is 0. The minimum atomic E-state index is 0. The van der Waals surface area contributed by atoms with Gasteiger partial charge in [0, 0.05) is 23.1 Å². The first kappa shape index (κ1) is 16.0. The fraction of sp³-hybridized carbons (Fsp3) is 0. The van der Waals surface area contributed by atoms with E-state index in [9.17, 15) is 0 Å². The maximum atomic E-state index is 1.91. The van der Waals surface area contributed by atoms with Crippen molar-refractivity contribution in [2.24, 2.45) is 0 Å². The van der Waals surface area contributed by atoms with Gasteiger partial charge in [0.05, 0.1) is 0 Å². The molecule has 5 heteroatoms. The Morgan fingerprint density at radius 1 is 0.800 bits per heavy atom. The van der Waals surface area contributed by atoms with E-state index in [4.69, 9.17) is 0 Å². The van der Waals surface area contributed by atoms with Crippen LogP contribution in [0.15, 0.2) is 0 Å². The predicted molar refractivity (Wildman–Crippen MR) is 28.8 cm³/mol. The van der Waals surface area contributed by atoms with Gasteiger partial charge in [0.2, 0.25) is 0 Å². The molecular weight excluding hydrogens is 316 g/mol. The van der Waals surface area contributed by atoms with Gasteiger partial charge in [0.15, 0.2) is 0 Å². The first-order chi connectivity index (χ1) is 2.00. The van der Waals surface area contributed by atoms with E-state index < -0.39 is 0 Å². The van der Waals surface area contributed by atoms with Crippen molar-refractivity contribution in [3.8, 4) is 0 Å². The summed E-state index contributed by atoms with van der Waals surface area (Å²) in [6.45, 7) is 0. The van der Waals surface area contributed by atoms with Gasteiger partial charge in [-0.05, 0) is 0 Å². The molecule has 0 aromatic heterocycles. The van der Waals surface area contributed by atoms with Crippen LogP contribution in [-0.4, -0.2) is 94.4 Å². The van der Waals surface area contributed by atoms with Crippen molar-refractivity contribution in [3.05, 3.63) is 0 Å². The first-order valence-electron chi connectivity index (χ1n) is 0.632. The van der Waals surface area contributed by atoms with Crippen molar-refractivity contribution < 1.29 is 0 Å². The van der Waals surface area contributed by atoms with Crippen molar-refractivity contribution in [2.45, 2.75) is 0 Å². The topological polar surface area (TPSA) is 0 Å². The van der Waals surface area contributed by atoms with Gasteiger partial charge in [0.25, 0.3) is 0 Å². The molecule has 0 spiro atoms. The van der Waals surface area contributed by atoms with E-state index in [0.717, 1.165) is 0 Å². The summed E-state index contributed by atoms with van der Waals surface area (Å²) in [5, 5.41) is 0. The molecule has 0 aromatic carbocycles. The average Bonchev–Trinajstić information content (AvgIpc) is 1.50. The van der Waals surface area contributed by atoms with Crippen molar-refractivity contribution in [1.82, 2.24) is 0 Å². The van der Waals surface area contributed by atoms with Gasteiger partial charge in [-0.1, -0.05) is 0 Å². The van der Waals surface area contributed by atoms with E-state index in [2.05, 4.69) is 0 Å². The Morgan fingerprint density at radius 2 is 0.800 bits per heavy atom. The molecule has 0 aliphatic heterocycles. The molecule has 0 N–H and O–H groups in total. The standard InChI is InChI=1S/3Mg.2Sb. The van der Waals surface area contributed by atoms with E-state index in [-0.39, 0.29) is 23.1 Å². The Balaban J connectivity index is -0.0000000133. The third-order valence-electron chi connectivity index (χ3n) is 0. The molecule has 0 heterocycles. The number of hydrogen-bond donors (Lipinski definition) is 0. The molecule has 0 nitrogen and oxygen atoms in total. The zero-order valence-electron chi connectivity index (χ0n) is 3.02. The minimum absolute atomic E-state index is 0. The van der Waals surface area contributed by atoms with Gasteiger partial charge in [-0.3, -0.25) is 0 Å². The van der Waals surface area contributed by atoms with Crippen LogP contribution in [0, 0.1) is 0 Å². The molecule has 0 bridgehead atoms. The summed E-state index contributed by atoms with van der Waals surface area (Å²) in [6.07, 6.45) is 0. The summed E-state index contributed by atoms with van der Waals surface area (Å²) < 4.78 is 0. The molecule has 0 unspecified atom stereocenters. The van der Waals surface area contributed by atoms with Crippen LogP contribution in [0.1, 0.15) is 0 Å². The summed E-state index contributed by atoms with van der Waals surface area (Å²) in [4.78, 5) is 0. The van der Waals surface area contributed by atoms with Crippen molar-refractivity contribution in [2.75, 3.05) is 0 Å². The van der Waals surface area contributed by atoms with Crippen LogP contribution in [0.25, 0.3) is 0 Å². The van der Waals surface area contributed by atoms with Gasteiger partial charge in [-0.15, -0.1) is 0 Å². The van der Waals surface area contributed by atoms with E-state index in [1.54, 1.807) is 37.2 Å². The predicted octanol–water partition coefficient (Wildman–Crippen LogP) is -1.90. The van der Waals surface area contributed by atoms with Crippen LogP contribution in [-0.2, 0) is 0 Å². The van der Waals surface area contributed by atoms with Gasteiger partial charge in [-0.25, -0.2) is 0 Å². The monoisotopic (exact) mass is 314 g/mol. The number of hydrogen-bond acceptors (Lipinski definition) is 0. The van der Waals surface area contributed by atoms with E-state index in [1.807, 2.05) is 34.2 Å². The Kier molecular flexibility index (Phi) is 78.7. The van der Waals surface area contributed by atoms with Crippen LogP contribution in [0.5, 0.6) is 0 Å². The summed E-state index contributed by atoms with van der Waals surface area (Å²) in [7, 11) is 0. The van der Waals surface area contributed by atoms with Gasteiger partial charge >= 0.3 is 71.4 Å². The van der Waals surface area contributed by atoms with Gasteiger partial charge in [-0.2, -0.15) is 0 Å². The molecule has 0 atom stereocenters. The second kappa shape index (κ2) is 24.6.